The molecular formula is C15H26ClNO2. The standard InChI is InChI=1S/C15H26ClNO2/c1-12-11-19-14(9-16)10-17(12)15(18)8-13-6-4-2-3-5-7-13/h12-14H,2-11H2,1H3. The number of morpholine rings is 1. The number of carbonyl (C=O) groups is 1. The van der Waals surface area contributed by atoms with E-state index in [0.29, 0.717) is 30.9 Å². The van der Waals surface area contributed by atoms with Crippen LogP contribution in [0, 0.1) is 5.92 Å². The maximum Gasteiger partial charge on any atom is 0.223 e. The average molecular weight is 288 g/mol. The summed E-state index contributed by atoms with van der Waals surface area (Å²) in [6.45, 7) is 3.35. The molecule has 1 aliphatic carbocycles. The van der Waals surface area contributed by atoms with E-state index in [4.69, 9.17) is 16.3 Å². The minimum absolute atomic E-state index is 0.0101. The second-order valence-corrected chi connectivity index (χ2v) is 6.38. The Bertz CT molecular complexity index is 290. The van der Waals surface area contributed by atoms with Gasteiger partial charge >= 0.3 is 0 Å². The SMILES string of the molecule is CC1COC(CCl)CN1C(=O)CC1CCCCCC1. The van der Waals surface area contributed by atoms with E-state index in [9.17, 15) is 4.79 Å². The van der Waals surface area contributed by atoms with Crippen LogP contribution in [-0.2, 0) is 9.53 Å². The highest BCUT2D eigenvalue weighted by Gasteiger charge is 2.30. The Labute approximate surface area is 121 Å². The quantitative estimate of drug-likeness (QED) is 0.589. The molecule has 1 aliphatic heterocycles. The molecule has 2 unspecified atom stereocenters. The summed E-state index contributed by atoms with van der Waals surface area (Å²) in [6, 6.07) is 0.192. The molecule has 1 heterocycles. The van der Waals surface area contributed by atoms with Gasteiger partial charge in [0.2, 0.25) is 5.91 Å². The summed E-state index contributed by atoms with van der Waals surface area (Å²) >= 11 is 5.85. The summed E-state index contributed by atoms with van der Waals surface area (Å²) in [5.41, 5.74) is 0. The molecule has 0 aromatic heterocycles. The third kappa shape index (κ3) is 4.35. The average Bonchev–Trinajstić information content (AvgIpc) is 2.68. The van der Waals surface area contributed by atoms with E-state index >= 15 is 0 Å². The fraction of sp³-hybridized carbons (Fsp3) is 0.933. The van der Waals surface area contributed by atoms with Crippen molar-refractivity contribution < 1.29 is 9.53 Å². The summed E-state index contributed by atoms with van der Waals surface area (Å²) in [5.74, 6) is 1.37. The van der Waals surface area contributed by atoms with Crippen LogP contribution in [0.25, 0.3) is 0 Å². The molecule has 2 rings (SSSR count). The first-order valence-electron chi connectivity index (χ1n) is 7.67. The number of ether oxygens (including phenoxy) is 1. The van der Waals surface area contributed by atoms with Crippen LogP contribution < -0.4 is 0 Å². The Kier molecular flexibility index (Phi) is 5.96. The predicted molar refractivity (Wildman–Crippen MR) is 77.4 cm³/mol. The molecule has 4 heteroatoms. The number of halogens is 1. The zero-order valence-electron chi connectivity index (χ0n) is 11.9. The van der Waals surface area contributed by atoms with E-state index in [1.807, 2.05) is 4.90 Å². The minimum atomic E-state index is 0.0101. The maximum atomic E-state index is 12.5. The van der Waals surface area contributed by atoms with E-state index in [1.165, 1.54) is 38.5 Å². The van der Waals surface area contributed by atoms with Gasteiger partial charge in [0.15, 0.2) is 0 Å². The number of carbonyl (C=O) groups excluding carboxylic acids is 1. The van der Waals surface area contributed by atoms with Crippen molar-refractivity contribution >= 4 is 17.5 Å². The van der Waals surface area contributed by atoms with Gasteiger partial charge in [-0.15, -0.1) is 11.6 Å². The molecule has 0 aromatic carbocycles. The van der Waals surface area contributed by atoms with Crippen LogP contribution in [0.4, 0.5) is 0 Å². The number of rotatable bonds is 3. The molecule has 1 amide bonds. The number of hydrogen-bond donors (Lipinski definition) is 0. The summed E-state index contributed by atoms with van der Waals surface area (Å²) < 4.78 is 5.60. The Morgan fingerprint density at radius 1 is 1.26 bits per heavy atom. The zero-order chi connectivity index (χ0) is 13.7. The number of hydrogen-bond acceptors (Lipinski definition) is 2. The molecule has 19 heavy (non-hydrogen) atoms. The second-order valence-electron chi connectivity index (χ2n) is 6.07. The summed E-state index contributed by atoms with van der Waals surface area (Å²) in [7, 11) is 0. The lowest BCUT2D eigenvalue weighted by Crippen LogP contribution is -2.51. The van der Waals surface area contributed by atoms with E-state index in [2.05, 4.69) is 6.92 Å². The third-order valence-electron chi connectivity index (χ3n) is 4.44. The molecule has 0 aromatic rings. The second kappa shape index (κ2) is 7.49. The normalized spacial score (nSPS) is 30.1. The molecule has 2 atom stereocenters. The Morgan fingerprint density at radius 3 is 2.58 bits per heavy atom. The highest BCUT2D eigenvalue weighted by atomic mass is 35.5. The van der Waals surface area contributed by atoms with Crippen LogP contribution in [0.5, 0.6) is 0 Å². The molecule has 0 radical (unpaired) electrons. The van der Waals surface area contributed by atoms with Crippen LogP contribution in [0.1, 0.15) is 51.9 Å². The van der Waals surface area contributed by atoms with Crippen LogP contribution in [-0.4, -0.2) is 42.0 Å². The number of nitrogens with zero attached hydrogens (tertiary/aromatic N) is 1. The summed E-state index contributed by atoms with van der Waals surface area (Å²) in [4.78, 5) is 14.5. The monoisotopic (exact) mass is 287 g/mol. The Balaban J connectivity index is 1.86. The van der Waals surface area contributed by atoms with Crippen molar-refractivity contribution in [3.63, 3.8) is 0 Å². The van der Waals surface area contributed by atoms with Crippen molar-refractivity contribution in [2.45, 2.75) is 64.0 Å². The highest BCUT2D eigenvalue weighted by molar-refractivity contribution is 6.18. The van der Waals surface area contributed by atoms with E-state index in [0.717, 1.165) is 6.42 Å². The van der Waals surface area contributed by atoms with Gasteiger partial charge in [0.1, 0.15) is 0 Å². The van der Waals surface area contributed by atoms with Gasteiger partial charge in [-0.05, 0) is 25.7 Å². The van der Waals surface area contributed by atoms with Gasteiger partial charge in [-0.3, -0.25) is 4.79 Å². The van der Waals surface area contributed by atoms with Gasteiger partial charge < -0.3 is 9.64 Å². The lowest BCUT2D eigenvalue weighted by Gasteiger charge is -2.38. The fourth-order valence-corrected chi connectivity index (χ4v) is 3.38. The largest absolute Gasteiger partial charge is 0.373 e. The lowest BCUT2D eigenvalue weighted by atomic mass is 9.95. The Morgan fingerprint density at radius 2 is 1.95 bits per heavy atom. The van der Waals surface area contributed by atoms with Crippen LogP contribution in [0.15, 0.2) is 0 Å². The van der Waals surface area contributed by atoms with Crippen molar-refractivity contribution in [1.82, 2.24) is 4.90 Å². The van der Waals surface area contributed by atoms with Crippen molar-refractivity contribution in [3.05, 3.63) is 0 Å². The number of alkyl halides is 1. The van der Waals surface area contributed by atoms with Gasteiger partial charge in [0.05, 0.1) is 24.6 Å². The first kappa shape index (κ1) is 15.1. The molecular weight excluding hydrogens is 262 g/mol. The molecule has 3 nitrogen and oxygen atoms in total. The number of amides is 1. The smallest absolute Gasteiger partial charge is 0.223 e. The minimum Gasteiger partial charge on any atom is -0.373 e. The fourth-order valence-electron chi connectivity index (χ4n) is 3.19. The van der Waals surface area contributed by atoms with E-state index in [-0.39, 0.29) is 12.1 Å². The maximum absolute atomic E-state index is 12.5. The first-order valence-corrected chi connectivity index (χ1v) is 8.21. The van der Waals surface area contributed by atoms with Crippen molar-refractivity contribution in [2.75, 3.05) is 19.0 Å². The molecule has 0 spiro atoms. The molecule has 0 N–H and O–H groups in total. The topological polar surface area (TPSA) is 29.5 Å². The third-order valence-corrected chi connectivity index (χ3v) is 4.78. The predicted octanol–water partition coefficient (Wildman–Crippen LogP) is 3.20. The van der Waals surface area contributed by atoms with Crippen LogP contribution in [0.2, 0.25) is 0 Å². The molecule has 2 aliphatic rings. The van der Waals surface area contributed by atoms with E-state index < -0.39 is 0 Å². The summed E-state index contributed by atoms with van der Waals surface area (Å²) in [6.07, 6.45) is 8.45. The van der Waals surface area contributed by atoms with Gasteiger partial charge in [0.25, 0.3) is 0 Å². The van der Waals surface area contributed by atoms with Gasteiger partial charge in [0, 0.05) is 13.0 Å². The van der Waals surface area contributed by atoms with E-state index in [1.54, 1.807) is 0 Å². The molecule has 1 saturated heterocycles. The van der Waals surface area contributed by atoms with Crippen molar-refractivity contribution in [2.24, 2.45) is 5.92 Å². The Hall–Kier alpha value is -0.280. The molecule has 1 saturated carbocycles. The summed E-state index contributed by atoms with van der Waals surface area (Å²) in [5, 5.41) is 0. The van der Waals surface area contributed by atoms with Crippen molar-refractivity contribution in [1.29, 1.82) is 0 Å². The molecule has 0 bridgehead atoms. The van der Waals surface area contributed by atoms with Crippen LogP contribution >= 0.6 is 11.6 Å². The lowest BCUT2D eigenvalue weighted by molar-refractivity contribution is -0.144. The molecule has 2 fully saturated rings. The van der Waals surface area contributed by atoms with Gasteiger partial charge in [-0.2, -0.15) is 0 Å². The van der Waals surface area contributed by atoms with Crippen LogP contribution in [0.3, 0.4) is 0 Å². The first-order chi connectivity index (χ1) is 9.20. The van der Waals surface area contributed by atoms with Gasteiger partial charge in [-0.1, -0.05) is 25.7 Å². The zero-order valence-corrected chi connectivity index (χ0v) is 12.7. The highest BCUT2D eigenvalue weighted by Crippen LogP contribution is 2.27. The van der Waals surface area contributed by atoms with Crippen molar-refractivity contribution in [3.8, 4) is 0 Å². The molecule has 110 valence electrons. The van der Waals surface area contributed by atoms with Gasteiger partial charge in [-0.25, -0.2) is 0 Å².